The zero-order valence-electron chi connectivity index (χ0n) is 6.84. The van der Waals surface area contributed by atoms with Crippen molar-refractivity contribution in [3.8, 4) is 5.75 Å². The Labute approximate surface area is 80.1 Å². The number of phenolic OH excluding ortho intramolecular Hbond substituents is 1. The molecule has 1 aromatic heterocycles. The number of benzene rings is 1. The predicted octanol–water partition coefficient (Wildman–Crippen LogP) is 1.99. The Hall–Kier alpha value is -1.19. The third kappa shape index (κ3) is 1.26. The largest absolute Gasteiger partial charge is 0.506 e. The molecule has 13 heavy (non-hydrogen) atoms. The zero-order valence-corrected chi connectivity index (χ0v) is 7.60. The van der Waals surface area contributed by atoms with Gasteiger partial charge in [-0.05, 0) is 11.6 Å². The maximum Gasteiger partial charge on any atom is 0.136 e. The molecule has 4 N–H and O–H groups in total. The maximum absolute atomic E-state index is 9.32. The van der Waals surface area contributed by atoms with Gasteiger partial charge in [-0.2, -0.15) is 0 Å². The summed E-state index contributed by atoms with van der Waals surface area (Å²) in [6, 6.07) is 3.31. The molecule has 0 atom stereocenters. The summed E-state index contributed by atoms with van der Waals surface area (Å²) >= 11 is 5.77. The van der Waals surface area contributed by atoms with Crippen molar-refractivity contribution in [2.75, 3.05) is 0 Å². The van der Waals surface area contributed by atoms with E-state index in [1.165, 1.54) is 0 Å². The summed E-state index contributed by atoms with van der Waals surface area (Å²) in [5.74, 6) is 0.0830. The van der Waals surface area contributed by atoms with E-state index in [9.17, 15) is 5.11 Å². The molecule has 1 aromatic carbocycles. The number of aromatic amines is 1. The molecule has 0 amide bonds. The van der Waals surface area contributed by atoms with Gasteiger partial charge in [0.1, 0.15) is 5.75 Å². The van der Waals surface area contributed by atoms with Gasteiger partial charge in [0, 0.05) is 29.7 Å². The number of nitrogens with one attached hydrogen (secondary N) is 1. The Kier molecular flexibility index (Phi) is 1.90. The van der Waals surface area contributed by atoms with E-state index < -0.39 is 0 Å². The summed E-state index contributed by atoms with van der Waals surface area (Å²) in [5, 5.41) is 10.6. The highest BCUT2D eigenvalue weighted by atomic mass is 35.5. The molecule has 0 saturated carbocycles. The number of aromatic nitrogens is 1. The van der Waals surface area contributed by atoms with Crippen molar-refractivity contribution in [2.45, 2.75) is 6.54 Å². The maximum atomic E-state index is 9.32. The van der Waals surface area contributed by atoms with Gasteiger partial charge in [-0.15, -0.1) is 0 Å². The van der Waals surface area contributed by atoms with Crippen LogP contribution in [0.5, 0.6) is 5.75 Å². The molecule has 0 radical (unpaired) electrons. The van der Waals surface area contributed by atoms with Gasteiger partial charge in [-0.25, -0.2) is 0 Å². The van der Waals surface area contributed by atoms with Crippen molar-refractivity contribution in [2.24, 2.45) is 5.73 Å². The first-order chi connectivity index (χ1) is 6.22. The van der Waals surface area contributed by atoms with E-state index in [1.54, 1.807) is 12.1 Å². The lowest BCUT2D eigenvalue weighted by molar-refractivity contribution is 0.476. The van der Waals surface area contributed by atoms with Crippen molar-refractivity contribution >= 4 is 22.5 Å². The summed E-state index contributed by atoms with van der Waals surface area (Å²) in [4.78, 5) is 3.01. The molecule has 4 heteroatoms. The van der Waals surface area contributed by atoms with Gasteiger partial charge in [-0.3, -0.25) is 0 Å². The van der Waals surface area contributed by atoms with Gasteiger partial charge < -0.3 is 15.8 Å². The van der Waals surface area contributed by atoms with Gasteiger partial charge in [0.25, 0.3) is 0 Å². The quantitative estimate of drug-likeness (QED) is 0.653. The first-order valence-corrected chi connectivity index (χ1v) is 4.28. The topological polar surface area (TPSA) is 62.0 Å². The Balaban J connectivity index is 2.77. The molecule has 0 fully saturated rings. The number of hydrogen-bond donors (Lipinski definition) is 3. The van der Waals surface area contributed by atoms with Crippen LogP contribution in [0.4, 0.5) is 0 Å². The van der Waals surface area contributed by atoms with E-state index in [2.05, 4.69) is 4.98 Å². The number of phenols is 1. The Morgan fingerprint density at radius 1 is 1.46 bits per heavy atom. The van der Waals surface area contributed by atoms with Crippen LogP contribution in [0.25, 0.3) is 10.9 Å². The van der Waals surface area contributed by atoms with Crippen LogP contribution in [0.1, 0.15) is 5.56 Å². The molecule has 2 rings (SSSR count). The molecule has 1 heterocycles. The summed E-state index contributed by atoms with van der Waals surface area (Å²) in [6.45, 7) is 0.459. The van der Waals surface area contributed by atoms with E-state index in [-0.39, 0.29) is 5.75 Å². The van der Waals surface area contributed by atoms with Crippen LogP contribution >= 0.6 is 11.6 Å². The molecule has 0 unspecified atom stereocenters. The van der Waals surface area contributed by atoms with Crippen molar-refractivity contribution in [3.05, 3.63) is 28.9 Å². The Morgan fingerprint density at radius 2 is 2.23 bits per heavy atom. The lowest BCUT2D eigenvalue weighted by atomic mass is 10.2. The van der Waals surface area contributed by atoms with Crippen LogP contribution < -0.4 is 5.73 Å². The van der Waals surface area contributed by atoms with Crippen molar-refractivity contribution in [1.82, 2.24) is 4.98 Å². The molecule has 0 bridgehead atoms. The zero-order chi connectivity index (χ0) is 9.42. The summed E-state index contributed by atoms with van der Waals surface area (Å²) < 4.78 is 0. The molecule has 0 aliphatic rings. The van der Waals surface area contributed by atoms with Crippen LogP contribution in [0.3, 0.4) is 0 Å². The molecule has 68 valence electrons. The second-order valence-electron chi connectivity index (χ2n) is 2.87. The number of rotatable bonds is 1. The first-order valence-electron chi connectivity index (χ1n) is 3.91. The van der Waals surface area contributed by atoms with Gasteiger partial charge in [0.2, 0.25) is 0 Å². The minimum atomic E-state index is 0.0830. The summed E-state index contributed by atoms with van der Waals surface area (Å²) in [6.07, 6.45) is 1.82. The molecule has 2 aromatic rings. The lowest BCUT2D eigenvalue weighted by Crippen LogP contribution is -1.93. The number of halogens is 1. The fourth-order valence-electron chi connectivity index (χ4n) is 1.36. The molecule has 0 saturated heterocycles. The number of fused-ring (bicyclic) bond motifs is 1. The van der Waals surface area contributed by atoms with E-state index >= 15 is 0 Å². The SMILES string of the molecule is NCc1c[nH]c2cc(O)c(Cl)cc12. The average Bonchev–Trinajstić information content (AvgIpc) is 2.48. The van der Waals surface area contributed by atoms with Crippen LogP contribution in [-0.2, 0) is 6.54 Å². The van der Waals surface area contributed by atoms with Crippen LogP contribution in [0, 0.1) is 0 Å². The van der Waals surface area contributed by atoms with Crippen LogP contribution in [-0.4, -0.2) is 10.1 Å². The number of aromatic hydroxyl groups is 1. The lowest BCUT2D eigenvalue weighted by Gasteiger charge is -1.97. The highest BCUT2D eigenvalue weighted by molar-refractivity contribution is 6.32. The number of hydrogen-bond acceptors (Lipinski definition) is 2. The van der Waals surface area contributed by atoms with Gasteiger partial charge in [-0.1, -0.05) is 11.6 Å². The summed E-state index contributed by atoms with van der Waals surface area (Å²) in [5.41, 5.74) is 7.37. The molecule has 0 spiro atoms. The van der Waals surface area contributed by atoms with Gasteiger partial charge >= 0.3 is 0 Å². The Bertz CT molecular complexity index is 450. The summed E-state index contributed by atoms with van der Waals surface area (Å²) in [7, 11) is 0. The average molecular weight is 197 g/mol. The standard InChI is InChI=1S/C9H9ClN2O/c10-7-1-6-5(3-11)4-12-8(6)2-9(7)13/h1-2,4,12-13H,3,11H2. The van der Waals surface area contributed by atoms with E-state index in [4.69, 9.17) is 17.3 Å². The molecule has 0 aliphatic carbocycles. The Morgan fingerprint density at radius 3 is 2.92 bits per heavy atom. The third-order valence-electron chi connectivity index (χ3n) is 2.05. The fourth-order valence-corrected chi connectivity index (χ4v) is 1.52. The van der Waals surface area contributed by atoms with E-state index in [0.717, 1.165) is 16.5 Å². The highest BCUT2D eigenvalue weighted by Crippen LogP contribution is 2.29. The number of nitrogens with two attached hydrogens (primary N) is 1. The van der Waals surface area contributed by atoms with E-state index in [1.807, 2.05) is 6.20 Å². The molecule has 3 nitrogen and oxygen atoms in total. The predicted molar refractivity (Wildman–Crippen MR) is 52.9 cm³/mol. The highest BCUT2D eigenvalue weighted by Gasteiger charge is 2.05. The van der Waals surface area contributed by atoms with Crippen molar-refractivity contribution in [3.63, 3.8) is 0 Å². The molecular formula is C9H9ClN2O. The van der Waals surface area contributed by atoms with Gasteiger partial charge in [0.05, 0.1) is 5.02 Å². The second kappa shape index (κ2) is 2.94. The smallest absolute Gasteiger partial charge is 0.136 e. The minimum Gasteiger partial charge on any atom is -0.506 e. The second-order valence-corrected chi connectivity index (χ2v) is 3.27. The fraction of sp³-hybridized carbons (Fsp3) is 0.111. The molecular weight excluding hydrogens is 188 g/mol. The number of H-pyrrole nitrogens is 1. The normalized spacial score (nSPS) is 10.9. The van der Waals surface area contributed by atoms with E-state index in [0.29, 0.717) is 11.6 Å². The van der Waals surface area contributed by atoms with Crippen molar-refractivity contribution < 1.29 is 5.11 Å². The molecule has 0 aliphatic heterocycles. The monoisotopic (exact) mass is 196 g/mol. The minimum absolute atomic E-state index is 0.0830. The first kappa shape index (κ1) is 8.41. The van der Waals surface area contributed by atoms with Crippen molar-refractivity contribution in [1.29, 1.82) is 0 Å². The third-order valence-corrected chi connectivity index (χ3v) is 2.36. The van der Waals surface area contributed by atoms with Crippen LogP contribution in [0.15, 0.2) is 18.3 Å². The van der Waals surface area contributed by atoms with Crippen LogP contribution in [0.2, 0.25) is 5.02 Å². The van der Waals surface area contributed by atoms with Gasteiger partial charge in [0.15, 0.2) is 0 Å².